The Bertz CT molecular complexity index is 1300. The van der Waals surface area contributed by atoms with Gasteiger partial charge in [0, 0.05) is 30.8 Å². The van der Waals surface area contributed by atoms with E-state index >= 15 is 0 Å². The number of ether oxygens (including phenoxy) is 1. The van der Waals surface area contributed by atoms with E-state index in [1.807, 2.05) is 12.1 Å². The number of likely N-dealkylation sites (tertiary alicyclic amines) is 1. The lowest BCUT2D eigenvalue weighted by molar-refractivity contribution is 0.0874. The number of aromatic nitrogens is 1. The standard InChI is InChI=1S/C33H41N5O3.ClH/c34-37-31-12-9-26(22-36-31)33(40)35-15-5-2-6-18-41-29-10-11-30-27(21-29)20-28(32(30)39)23-38-16-13-25(14-17-38)19-24-7-3-1-4-8-24;/h1,3-4,7-12,21-22,25,28H,2,5-6,13-20,23,34H2,(H,35,40)(H,36,37);1H. The van der Waals surface area contributed by atoms with E-state index in [-0.39, 0.29) is 30.0 Å². The number of Topliss-reactive ketones (excluding diaryl/α,β-unsaturated/α-hetero) is 1. The van der Waals surface area contributed by atoms with Gasteiger partial charge in [0.2, 0.25) is 0 Å². The van der Waals surface area contributed by atoms with E-state index in [1.54, 1.807) is 12.1 Å². The summed E-state index contributed by atoms with van der Waals surface area (Å²) in [7, 11) is 0. The average molecular weight is 592 g/mol. The summed E-state index contributed by atoms with van der Waals surface area (Å²) in [6, 6.07) is 20.0. The Kier molecular flexibility index (Phi) is 11.7. The zero-order valence-corrected chi connectivity index (χ0v) is 24.9. The Morgan fingerprint density at radius 3 is 2.57 bits per heavy atom. The minimum absolute atomic E-state index is 0. The van der Waals surface area contributed by atoms with E-state index in [0.29, 0.717) is 24.5 Å². The molecule has 8 nitrogen and oxygen atoms in total. The second kappa shape index (κ2) is 15.7. The first kappa shape index (κ1) is 31.5. The quantitative estimate of drug-likeness (QED) is 0.144. The normalized spacial score (nSPS) is 16.9. The summed E-state index contributed by atoms with van der Waals surface area (Å²) in [6.45, 7) is 4.21. The molecule has 224 valence electrons. The van der Waals surface area contributed by atoms with Gasteiger partial charge in [0.15, 0.2) is 5.78 Å². The van der Waals surface area contributed by atoms with Crippen LogP contribution >= 0.6 is 12.4 Å². The number of hydrogen-bond donors (Lipinski definition) is 3. The number of carbonyl (C=O) groups excluding carboxylic acids is 2. The maximum absolute atomic E-state index is 13.1. The molecule has 2 aliphatic rings. The van der Waals surface area contributed by atoms with Crippen LogP contribution in [-0.2, 0) is 12.8 Å². The molecule has 2 aromatic carbocycles. The van der Waals surface area contributed by atoms with Crippen molar-refractivity contribution in [2.45, 2.75) is 44.9 Å². The number of pyridine rings is 1. The van der Waals surface area contributed by atoms with E-state index < -0.39 is 0 Å². The van der Waals surface area contributed by atoms with Crippen molar-refractivity contribution in [3.63, 3.8) is 0 Å². The molecule has 5 rings (SSSR count). The van der Waals surface area contributed by atoms with Crippen LogP contribution in [0.3, 0.4) is 0 Å². The third-order valence-corrected chi connectivity index (χ3v) is 8.28. The molecule has 1 aliphatic carbocycles. The number of nitrogens with one attached hydrogen (secondary N) is 2. The molecule has 1 amide bonds. The lowest BCUT2D eigenvalue weighted by Gasteiger charge is -2.33. The number of nitrogen functional groups attached to an aromatic ring is 1. The van der Waals surface area contributed by atoms with E-state index in [0.717, 1.165) is 74.5 Å². The molecule has 0 radical (unpaired) electrons. The number of nitrogens with zero attached hydrogens (tertiary/aromatic N) is 2. The number of unbranched alkanes of at least 4 members (excludes halogenated alkanes) is 2. The first-order valence-corrected chi connectivity index (χ1v) is 14.9. The van der Waals surface area contributed by atoms with Crippen molar-refractivity contribution in [3.05, 3.63) is 89.1 Å². The van der Waals surface area contributed by atoms with Crippen molar-refractivity contribution in [2.24, 2.45) is 17.7 Å². The topological polar surface area (TPSA) is 110 Å². The van der Waals surface area contributed by atoms with Gasteiger partial charge < -0.3 is 20.4 Å². The highest BCUT2D eigenvalue weighted by atomic mass is 35.5. The first-order chi connectivity index (χ1) is 20.1. The van der Waals surface area contributed by atoms with Gasteiger partial charge in [0.1, 0.15) is 11.6 Å². The number of piperidine rings is 1. The number of hydrogen-bond acceptors (Lipinski definition) is 7. The number of nitrogens with two attached hydrogens (primary N) is 1. The fourth-order valence-electron chi connectivity index (χ4n) is 5.94. The molecular formula is C33H42ClN5O3. The monoisotopic (exact) mass is 591 g/mol. The highest BCUT2D eigenvalue weighted by Crippen LogP contribution is 2.32. The second-order valence-corrected chi connectivity index (χ2v) is 11.3. The summed E-state index contributed by atoms with van der Waals surface area (Å²) < 4.78 is 6.00. The largest absolute Gasteiger partial charge is 0.494 e. The molecule has 1 atom stereocenters. The molecule has 1 saturated heterocycles. The molecule has 42 heavy (non-hydrogen) atoms. The number of halogens is 1. The summed E-state index contributed by atoms with van der Waals surface area (Å²) >= 11 is 0. The van der Waals surface area contributed by atoms with Gasteiger partial charge in [0.25, 0.3) is 5.91 Å². The third-order valence-electron chi connectivity index (χ3n) is 8.28. The number of anilines is 1. The predicted octanol–water partition coefficient (Wildman–Crippen LogP) is 5.08. The van der Waals surface area contributed by atoms with Crippen molar-refractivity contribution in [2.75, 3.05) is 38.2 Å². The molecule has 1 unspecified atom stereocenters. The maximum Gasteiger partial charge on any atom is 0.252 e. The highest BCUT2D eigenvalue weighted by molar-refractivity contribution is 6.02. The summed E-state index contributed by atoms with van der Waals surface area (Å²) in [4.78, 5) is 31.8. The van der Waals surface area contributed by atoms with Crippen LogP contribution in [0, 0.1) is 11.8 Å². The van der Waals surface area contributed by atoms with Gasteiger partial charge in [-0.2, -0.15) is 0 Å². The van der Waals surface area contributed by atoms with E-state index in [1.165, 1.54) is 24.6 Å². The number of benzene rings is 2. The summed E-state index contributed by atoms with van der Waals surface area (Å²) in [6.07, 6.45) is 8.57. The number of rotatable bonds is 13. The molecule has 2 heterocycles. The third kappa shape index (κ3) is 8.53. The van der Waals surface area contributed by atoms with Gasteiger partial charge in [-0.3, -0.25) is 9.59 Å². The molecule has 4 N–H and O–H groups in total. The van der Waals surface area contributed by atoms with Crippen LogP contribution in [0.25, 0.3) is 0 Å². The van der Waals surface area contributed by atoms with Crippen molar-refractivity contribution < 1.29 is 14.3 Å². The van der Waals surface area contributed by atoms with Crippen LogP contribution in [0.15, 0.2) is 66.9 Å². The van der Waals surface area contributed by atoms with Crippen molar-refractivity contribution in [3.8, 4) is 5.75 Å². The number of ketones is 1. The van der Waals surface area contributed by atoms with Gasteiger partial charge in [-0.05, 0) is 105 Å². The molecule has 0 bridgehead atoms. The lowest BCUT2D eigenvalue weighted by atomic mass is 9.89. The van der Waals surface area contributed by atoms with Gasteiger partial charge >= 0.3 is 0 Å². The first-order valence-electron chi connectivity index (χ1n) is 14.9. The maximum atomic E-state index is 13.1. The minimum Gasteiger partial charge on any atom is -0.494 e. The minimum atomic E-state index is -0.143. The SMILES string of the molecule is Cl.NNc1ccc(C(=O)NCCCCCOc2ccc3c(c2)CC(CN2CCC(Cc4ccccc4)CC2)C3=O)cn1. The van der Waals surface area contributed by atoms with Crippen LogP contribution < -0.4 is 21.3 Å². The molecule has 0 saturated carbocycles. The van der Waals surface area contributed by atoms with Crippen LogP contribution in [0.5, 0.6) is 5.75 Å². The summed E-state index contributed by atoms with van der Waals surface area (Å²) in [5.41, 5.74) is 6.35. The highest BCUT2D eigenvalue weighted by Gasteiger charge is 2.33. The Hall–Kier alpha value is -3.46. The summed E-state index contributed by atoms with van der Waals surface area (Å²) in [5.74, 6) is 7.57. The zero-order chi connectivity index (χ0) is 28.4. The van der Waals surface area contributed by atoms with E-state index in [2.05, 4.69) is 57.0 Å². The van der Waals surface area contributed by atoms with Crippen molar-refractivity contribution in [1.29, 1.82) is 0 Å². The van der Waals surface area contributed by atoms with Gasteiger partial charge in [-0.1, -0.05) is 30.3 Å². The van der Waals surface area contributed by atoms with Crippen LogP contribution in [0.2, 0.25) is 0 Å². The Balaban J connectivity index is 0.00000405. The fourth-order valence-corrected chi connectivity index (χ4v) is 5.94. The van der Waals surface area contributed by atoms with Gasteiger partial charge in [0.05, 0.1) is 12.2 Å². The van der Waals surface area contributed by atoms with Crippen LogP contribution in [0.4, 0.5) is 5.82 Å². The molecule has 1 aromatic heterocycles. The van der Waals surface area contributed by atoms with Gasteiger partial charge in [-0.15, -0.1) is 12.4 Å². The molecule has 1 aliphatic heterocycles. The zero-order valence-electron chi connectivity index (χ0n) is 24.1. The average Bonchev–Trinajstić information content (AvgIpc) is 3.32. The second-order valence-electron chi connectivity index (χ2n) is 11.3. The molecular weight excluding hydrogens is 550 g/mol. The molecule has 3 aromatic rings. The van der Waals surface area contributed by atoms with Crippen LogP contribution in [-0.4, -0.2) is 54.4 Å². The predicted molar refractivity (Wildman–Crippen MR) is 168 cm³/mol. The van der Waals surface area contributed by atoms with Gasteiger partial charge in [-0.25, -0.2) is 10.8 Å². The van der Waals surface area contributed by atoms with E-state index in [9.17, 15) is 9.59 Å². The molecule has 1 fully saturated rings. The van der Waals surface area contributed by atoms with Crippen LogP contribution in [0.1, 0.15) is 63.9 Å². The lowest BCUT2D eigenvalue weighted by Crippen LogP contribution is -2.38. The van der Waals surface area contributed by atoms with Crippen molar-refractivity contribution in [1.82, 2.24) is 15.2 Å². The number of hydrazine groups is 1. The smallest absolute Gasteiger partial charge is 0.252 e. The fraction of sp³-hybridized carbons (Fsp3) is 0.424. The number of carbonyl (C=O) groups is 2. The van der Waals surface area contributed by atoms with E-state index in [4.69, 9.17) is 10.6 Å². The number of amides is 1. The Morgan fingerprint density at radius 1 is 1.02 bits per heavy atom. The molecule has 9 heteroatoms. The summed E-state index contributed by atoms with van der Waals surface area (Å²) in [5, 5.41) is 2.92. The van der Waals surface area contributed by atoms with Crippen molar-refractivity contribution >= 4 is 29.9 Å². The number of fused-ring (bicyclic) bond motifs is 1. The molecule has 0 spiro atoms. The Morgan fingerprint density at radius 2 is 1.83 bits per heavy atom. The Labute approximate surface area is 254 Å².